The highest BCUT2D eigenvalue weighted by Crippen LogP contribution is 2.44. The first kappa shape index (κ1) is 17.2. The molecule has 25 heavy (non-hydrogen) atoms. The lowest BCUT2D eigenvalue weighted by molar-refractivity contribution is -0.149. The number of benzene rings is 2. The van der Waals surface area contributed by atoms with Gasteiger partial charge in [0.2, 0.25) is 0 Å². The lowest BCUT2D eigenvalue weighted by atomic mass is 9.84. The molecule has 1 aliphatic rings. The van der Waals surface area contributed by atoms with E-state index in [0.717, 1.165) is 11.1 Å². The van der Waals surface area contributed by atoms with Gasteiger partial charge in [0.25, 0.3) is 0 Å². The molecule has 0 aliphatic carbocycles. The highest BCUT2D eigenvalue weighted by Gasteiger charge is 2.54. The summed E-state index contributed by atoms with van der Waals surface area (Å²) < 4.78 is 10.1. The zero-order valence-electron chi connectivity index (χ0n) is 14.3. The van der Waals surface area contributed by atoms with Crippen molar-refractivity contribution in [2.45, 2.75) is 18.0 Å². The molecular weight excluding hydrogens is 318 g/mol. The van der Waals surface area contributed by atoms with Gasteiger partial charge in [-0.2, -0.15) is 0 Å². The summed E-state index contributed by atoms with van der Waals surface area (Å²) in [7, 11) is 2.72. The lowest BCUT2D eigenvalue weighted by Crippen LogP contribution is -2.46. The molecule has 1 N–H and O–H groups in total. The van der Waals surface area contributed by atoms with Gasteiger partial charge in [-0.05, 0) is 17.5 Å². The second-order valence-electron chi connectivity index (χ2n) is 6.13. The predicted octanol–water partition coefficient (Wildman–Crippen LogP) is 2.58. The first-order valence-electron chi connectivity index (χ1n) is 8.17. The largest absolute Gasteiger partial charge is 0.469 e. The average molecular weight is 339 g/mol. The van der Waals surface area contributed by atoms with Gasteiger partial charge in [0.05, 0.1) is 20.1 Å². The molecule has 1 fully saturated rings. The zero-order chi connectivity index (χ0) is 17.9. The van der Waals surface area contributed by atoms with Crippen molar-refractivity contribution in [3.63, 3.8) is 0 Å². The molecule has 0 amide bonds. The Kier molecular flexibility index (Phi) is 4.86. The Morgan fingerprint density at radius 2 is 1.56 bits per heavy atom. The standard InChI is InChI=1S/C20H21NO4/c1-24-18(22)16-13-20(19(23)25-2,15-11-7-4-8-12-15)21-17(16)14-9-5-3-6-10-14/h3-12,16-17,21H,13H2,1-2H3/t16-,17-,20+/m0/s1. The van der Waals surface area contributed by atoms with E-state index in [1.165, 1.54) is 14.2 Å². The second kappa shape index (κ2) is 7.07. The van der Waals surface area contributed by atoms with Crippen molar-refractivity contribution in [3.8, 4) is 0 Å². The van der Waals surface area contributed by atoms with Crippen LogP contribution in [0.3, 0.4) is 0 Å². The van der Waals surface area contributed by atoms with Gasteiger partial charge in [-0.25, -0.2) is 4.79 Å². The molecule has 3 atom stereocenters. The van der Waals surface area contributed by atoms with Crippen molar-refractivity contribution in [2.24, 2.45) is 5.92 Å². The number of hydrogen-bond donors (Lipinski definition) is 1. The van der Waals surface area contributed by atoms with Crippen LogP contribution in [0.2, 0.25) is 0 Å². The minimum Gasteiger partial charge on any atom is -0.469 e. The summed E-state index contributed by atoms with van der Waals surface area (Å²) in [5.74, 6) is -1.25. The van der Waals surface area contributed by atoms with E-state index in [-0.39, 0.29) is 18.4 Å². The van der Waals surface area contributed by atoms with E-state index in [9.17, 15) is 9.59 Å². The SMILES string of the molecule is COC(=O)[C@H]1C[C@](C(=O)OC)(c2ccccc2)N[C@H]1c1ccccc1. The zero-order valence-corrected chi connectivity index (χ0v) is 14.3. The minimum absolute atomic E-state index is 0.274. The average Bonchev–Trinajstić information content (AvgIpc) is 3.10. The minimum atomic E-state index is -1.09. The fourth-order valence-corrected chi connectivity index (χ4v) is 3.58. The topological polar surface area (TPSA) is 64.6 Å². The molecule has 3 rings (SSSR count). The molecule has 0 spiro atoms. The maximum atomic E-state index is 12.7. The third kappa shape index (κ3) is 3.03. The van der Waals surface area contributed by atoms with Crippen molar-refractivity contribution in [2.75, 3.05) is 14.2 Å². The highest BCUT2D eigenvalue weighted by molar-refractivity contribution is 5.86. The lowest BCUT2D eigenvalue weighted by Gasteiger charge is -2.28. The first-order chi connectivity index (χ1) is 12.1. The summed E-state index contributed by atoms with van der Waals surface area (Å²) in [5.41, 5.74) is 0.615. The number of esters is 2. The number of nitrogens with one attached hydrogen (secondary N) is 1. The molecule has 5 nitrogen and oxygen atoms in total. The van der Waals surface area contributed by atoms with Gasteiger partial charge >= 0.3 is 11.9 Å². The van der Waals surface area contributed by atoms with Crippen LogP contribution in [0.25, 0.3) is 0 Å². The van der Waals surface area contributed by atoms with Crippen LogP contribution >= 0.6 is 0 Å². The number of ether oxygens (including phenoxy) is 2. The maximum absolute atomic E-state index is 12.7. The van der Waals surface area contributed by atoms with Crippen LogP contribution in [0, 0.1) is 5.92 Å². The fraction of sp³-hybridized carbons (Fsp3) is 0.300. The van der Waals surface area contributed by atoms with Crippen LogP contribution in [-0.2, 0) is 24.6 Å². The number of methoxy groups -OCH3 is 2. The smallest absolute Gasteiger partial charge is 0.330 e. The van der Waals surface area contributed by atoms with Crippen molar-refractivity contribution in [1.29, 1.82) is 0 Å². The molecule has 5 heteroatoms. The van der Waals surface area contributed by atoms with E-state index in [1.54, 1.807) is 0 Å². The summed E-state index contributed by atoms with van der Waals surface area (Å²) in [5, 5.41) is 3.38. The Morgan fingerprint density at radius 3 is 2.12 bits per heavy atom. The summed E-state index contributed by atoms with van der Waals surface area (Å²) in [6, 6.07) is 18.6. The van der Waals surface area contributed by atoms with Crippen LogP contribution in [-0.4, -0.2) is 26.2 Å². The molecule has 2 aromatic rings. The normalized spacial score (nSPS) is 25.4. The van der Waals surface area contributed by atoms with E-state index in [2.05, 4.69) is 5.32 Å². The van der Waals surface area contributed by atoms with Gasteiger partial charge in [0, 0.05) is 6.04 Å². The van der Waals surface area contributed by atoms with Gasteiger partial charge in [0.15, 0.2) is 0 Å². The molecule has 130 valence electrons. The van der Waals surface area contributed by atoms with Gasteiger partial charge < -0.3 is 9.47 Å². The maximum Gasteiger partial charge on any atom is 0.330 e. The molecule has 1 heterocycles. The molecule has 0 bridgehead atoms. The molecule has 0 saturated carbocycles. The van der Waals surface area contributed by atoms with Crippen molar-refractivity contribution < 1.29 is 19.1 Å². The van der Waals surface area contributed by atoms with E-state index in [1.807, 2.05) is 60.7 Å². The highest BCUT2D eigenvalue weighted by atomic mass is 16.5. The molecule has 2 aromatic carbocycles. The summed E-state index contributed by atoms with van der Waals surface area (Å²) >= 11 is 0. The fourth-order valence-electron chi connectivity index (χ4n) is 3.58. The van der Waals surface area contributed by atoms with E-state index in [4.69, 9.17) is 9.47 Å². The third-order valence-electron chi connectivity index (χ3n) is 4.79. The van der Waals surface area contributed by atoms with Crippen LogP contribution < -0.4 is 5.32 Å². The Bertz CT molecular complexity index is 747. The quantitative estimate of drug-likeness (QED) is 0.868. The second-order valence-corrected chi connectivity index (χ2v) is 6.13. The molecule has 0 radical (unpaired) electrons. The molecule has 1 saturated heterocycles. The van der Waals surface area contributed by atoms with Crippen molar-refractivity contribution >= 4 is 11.9 Å². The third-order valence-corrected chi connectivity index (χ3v) is 4.79. The monoisotopic (exact) mass is 339 g/mol. The summed E-state index contributed by atoms with van der Waals surface area (Å²) in [6.45, 7) is 0. The van der Waals surface area contributed by atoms with Gasteiger partial charge in [-0.3, -0.25) is 10.1 Å². The molecule has 1 aliphatic heterocycles. The van der Waals surface area contributed by atoms with Crippen molar-refractivity contribution in [1.82, 2.24) is 5.32 Å². The van der Waals surface area contributed by atoms with Gasteiger partial charge in [0.1, 0.15) is 5.54 Å². The van der Waals surface area contributed by atoms with Crippen LogP contribution in [0.4, 0.5) is 0 Å². The predicted molar refractivity (Wildman–Crippen MR) is 92.6 cm³/mol. The number of carbonyl (C=O) groups is 2. The van der Waals surface area contributed by atoms with Crippen LogP contribution in [0.1, 0.15) is 23.6 Å². The Hall–Kier alpha value is -2.66. The van der Waals surface area contributed by atoms with E-state index < -0.39 is 17.4 Å². The van der Waals surface area contributed by atoms with Gasteiger partial charge in [-0.15, -0.1) is 0 Å². The molecule has 0 aromatic heterocycles. The van der Waals surface area contributed by atoms with Gasteiger partial charge in [-0.1, -0.05) is 60.7 Å². The molecular formula is C20H21NO4. The van der Waals surface area contributed by atoms with E-state index in [0.29, 0.717) is 0 Å². The Balaban J connectivity index is 2.09. The Labute approximate surface area is 147 Å². The number of hydrogen-bond acceptors (Lipinski definition) is 5. The number of rotatable bonds is 4. The summed E-state index contributed by atoms with van der Waals surface area (Å²) in [6.07, 6.45) is 0.274. The Morgan fingerprint density at radius 1 is 0.960 bits per heavy atom. The van der Waals surface area contributed by atoms with Crippen LogP contribution in [0.5, 0.6) is 0 Å². The van der Waals surface area contributed by atoms with Crippen molar-refractivity contribution in [3.05, 3.63) is 71.8 Å². The van der Waals surface area contributed by atoms with Crippen LogP contribution in [0.15, 0.2) is 60.7 Å². The summed E-state index contributed by atoms with van der Waals surface area (Å²) in [4.78, 5) is 25.1. The van der Waals surface area contributed by atoms with E-state index >= 15 is 0 Å². The first-order valence-corrected chi connectivity index (χ1v) is 8.17. The molecule has 0 unspecified atom stereocenters. The number of carbonyl (C=O) groups excluding carboxylic acids is 2.